The third-order valence-corrected chi connectivity index (χ3v) is 3.17. The number of hydrogen-bond donors (Lipinski definition) is 1. The molecule has 0 bridgehead atoms. The highest BCUT2D eigenvalue weighted by Crippen LogP contribution is 2.17. The van der Waals surface area contributed by atoms with E-state index in [0.29, 0.717) is 0 Å². The van der Waals surface area contributed by atoms with Crippen molar-refractivity contribution in [2.75, 3.05) is 5.32 Å². The molecule has 0 aliphatic rings. The van der Waals surface area contributed by atoms with Crippen LogP contribution in [0, 0.1) is 6.92 Å². The smallest absolute Gasteiger partial charge is 0.203 e. The van der Waals surface area contributed by atoms with E-state index in [1.165, 1.54) is 5.56 Å². The van der Waals surface area contributed by atoms with Crippen LogP contribution in [0.2, 0.25) is 0 Å². The van der Waals surface area contributed by atoms with E-state index in [1.807, 2.05) is 42.9 Å². The SMILES string of the molecule is Cc1cn(C)c(NCc2ccccc2Br)n1. The Morgan fingerprint density at radius 3 is 2.75 bits per heavy atom. The van der Waals surface area contributed by atoms with Crippen LogP contribution in [0.15, 0.2) is 34.9 Å². The van der Waals surface area contributed by atoms with Crippen LogP contribution in [-0.4, -0.2) is 9.55 Å². The van der Waals surface area contributed by atoms with Crippen LogP contribution >= 0.6 is 15.9 Å². The van der Waals surface area contributed by atoms with Gasteiger partial charge in [0.05, 0.1) is 5.69 Å². The standard InChI is InChI=1S/C12H14BrN3/c1-9-8-16(2)12(15-9)14-7-10-5-3-4-6-11(10)13/h3-6,8H,7H2,1-2H3,(H,14,15). The molecule has 0 aliphatic heterocycles. The molecule has 0 fully saturated rings. The van der Waals surface area contributed by atoms with Crippen molar-refractivity contribution in [1.29, 1.82) is 0 Å². The predicted octanol–water partition coefficient (Wildman–Crippen LogP) is 3.10. The van der Waals surface area contributed by atoms with E-state index in [0.717, 1.165) is 22.7 Å². The Balaban J connectivity index is 2.08. The maximum absolute atomic E-state index is 4.39. The number of nitrogens with zero attached hydrogens (tertiary/aromatic N) is 2. The molecule has 0 unspecified atom stereocenters. The number of halogens is 1. The molecule has 0 spiro atoms. The van der Waals surface area contributed by atoms with Crippen molar-refractivity contribution in [3.8, 4) is 0 Å². The minimum absolute atomic E-state index is 0.770. The minimum Gasteiger partial charge on any atom is -0.352 e. The van der Waals surface area contributed by atoms with Crippen LogP contribution in [0.5, 0.6) is 0 Å². The molecule has 3 nitrogen and oxygen atoms in total. The number of nitrogens with one attached hydrogen (secondary N) is 1. The minimum atomic E-state index is 0.770. The summed E-state index contributed by atoms with van der Waals surface area (Å²) >= 11 is 3.53. The summed E-state index contributed by atoms with van der Waals surface area (Å²) in [6, 6.07) is 8.18. The van der Waals surface area contributed by atoms with Crippen LogP contribution in [-0.2, 0) is 13.6 Å². The van der Waals surface area contributed by atoms with Gasteiger partial charge in [0, 0.05) is 24.3 Å². The van der Waals surface area contributed by atoms with Gasteiger partial charge < -0.3 is 9.88 Å². The second kappa shape index (κ2) is 4.70. The lowest BCUT2D eigenvalue weighted by molar-refractivity contribution is 0.899. The zero-order valence-electron chi connectivity index (χ0n) is 9.37. The van der Waals surface area contributed by atoms with E-state index in [9.17, 15) is 0 Å². The summed E-state index contributed by atoms with van der Waals surface area (Å²) in [5, 5.41) is 3.31. The monoisotopic (exact) mass is 279 g/mol. The average molecular weight is 280 g/mol. The van der Waals surface area contributed by atoms with E-state index in [2.05, 4.69) is 32.3 Å². The predicted molar refractivity (Wildman–Crippen MR) is 69.4 cm³/mol. The number of imidazole rings is 1. The maximum Gasteiger partial charge on any atom is 0.203 e. The zero-order chi connectivity index (χ0) is 11.5. The summed E-state index contributed by atoms with van der Waals surface area (Å²) < 4.78 is 3.11. The Kier molecular flexibility index (Phi) is 3.29. The number of hydrogen-bond acceptors (Lipinski definition) is 2. The lowest BCUT2D eigenvalue weighted by Crippen LogP contribution is -2.05. The second-order valence-electron chi connectivity index (χ2n) is 3.76. The molecule has 84 valence electrons. The number of benzene rings is 1. The van der Waals surface area contributed by atoms with E-state index >= 15 is 0 Å². The van der Waals surface area contributed by atoms with Crippen molar-refractivity contribution in [2.45, 2.75) is 13.5 Å². The van der Waals surface area contributed by atoms with Crippen LogP contribution in [0.25, 0.3) is 0 Å². The average Bonchev–Trinajstić information content (AvgIpc) is 2.56. The van der Waals surface area contributed by atoms with E-state index in [1.54, 1.807) is 0 Å². The number of aromatic nitrogens is 2. The van der Waals surface area contributed by atoms with Gasteiger partial charge in [-0.25, -0.2) is 4.98 Å². The lowest BCUT2D eigenvalue weighted by Gasteiger charge is -2.07. The highest BCUT2D eigenvalue weighted by molar-refractivity contribution is 9.10. The van der Waals surface area contributed by atoms with E-state index in [-0.39, 0.29) is 0 Å². The Hall–Kier alpha value is -1.29. The molecule has 0 saturated heterocycles. The van der Waals surface area contributed by atoms with Crippen LogP contribution in [0.3, 0.4) is 0 Å². The number of anilines is 1. The van der Waals surface area contributed by atoms with Crippen molar-refractivity contribution < 1.29 is 0 Å². The number of aryl methyl sites for hydroxylation is 2. The molecule has 1 aromatic carbocycles. The first kappa shape index (κ1) is 11.2. The van der Waals surface area contributed by atoms with Gasteiger partial charge >= 0.3 is 0 Å². The summed E-state index contributed by atoms with van der Waals surface area (Å²) in [5.41, 5.74) is 2.25. The normalized spacial score (nSPS) is 10.4. The maximum atomic E-state index is 4.39. The summed E-state index contributed by atoms with van der Waals surface area (Å²) in [4.78, 5) is 4.39. The van der Waals surface area contributed by atoms with Gasteiger partial charge in [0.2, 0.25) is 5.95 Å². The summed E-state index contributed by atoms with van der Waals surface area (Å²) in [6.07, 6.45) is 2.00. The second-order valence-corrected chi connectivity index (χ2v) is 4.62. The molecule has 0 amide bonds. The molecule has 0 aliphatic carbocycles. The van der Waals surface area contributed by atoms with E-state index in [4.69, 9.17) is 0 Å². The van der Waals surface area contributed by atoms with Crippen molar-refractivity contribution in [3.05, 3.63) is 46.2 Å². The molecule has 1 heterocycles. The first-order valence-corrected chi connectivity index (χ1v) is 5.93. The van der Waals surface area contributed by atoms with Gasteiger partial charge in [0.1, 0.15) is 0 Å². The largest absolute Gasteiger partial charge is 0.352 e. The van der Waals surface area contributed by atoms with Gasteiger partial charge in [-0.1, -0.05) is 34.1 Å². The zero-order valence-corrected chi connectivity index (χ0v) is 11.0. The van der Waals surface area contributed by atoms with Crippen LogP contribution < -0.4 is 5.32 Å². The molecule has 1 aromatic heterocycles. The molecular weight excluding hydrogens is 266 g/mol. The number of rotatable bonds is 3. The summed E-state index contributed by atoms with van der Waals surface area (Å²) in [5.74, 6) is 0.897. The van der Waals surface area contributed by atoms with Gasteiger partial charge in [-0.15, -0.1) is 0 Å². The van der Waals surface area contributed by atoms with Crippen LogP contribution in [0.1, 0.15) is 11.3 Å². The quantitative estimate of drug-likeness (QED) is 0.936. The molecule has 4 heteroatoms. The molecule has 0 atom stereocenters. The molecule has 0 radical (unpaired) electrons. The molecule has 1 N–H and O–H groups in total. The van der Waals surface area contributed by atoms with Crippen molar-refractivity contribution in [3.63, 3.8) is 0 Å². The first-order chi connectivity index (χ1) is 7.66. The fraction of sp³-hybridized carbons (Fsp3) is 0.250. The van der Waals surface area contributed by atoms with E-state index < -0.39 is 0 Å². The van der Waals surface area contributed by atoms with Gasteiger partial charge in [-0.05, 0) is 18.6 Å². The Morgan fingerprint density at radius 2 is 2.12 bits per heavy atom. The summed E-state index contributed by atoms with van der Waals surface area (Å²) in [7, 11) is 1.99. The highest BCUT2D eigenvalue weighted by Gasteiger charge is 2.03. The highest BCUT2D eigenvalue weighted by atomic mass is 79.9. The Labute approximate surface area is 104 Å². The van der Waals surface area contributed by atoms with Gasteiger partial charge in [0.25, 0.3) is 0 Å². The Morgan fingerprint density at radius 1 is 1.38 bits per heavy atom. The summed E-state index contributed by atoms with van der Waals surface area (Å²) in [6.45, 7) is 2.76. The van der Waals surface area contributed by atoms with Gasteiger partial charge in [-0.3, -0.25) is 0 Å². The molecule has 16 heavy (non-hydrogen) atoms. The third-order valence-electron chi connectivity index (χ3n) is 2.39. The Bertz CT molecular complexity index is 491. The van der Waals surface area contributed by atoms with Crippen molar-refractivity contribution >= 4 is 21.9 Å². The van der Waals surface area contributed by atoms with Gasteiger partial charge in [-0.2, -0.15) is 0 Å². The topological polar surface area (TPSA) is 29.9 Å². The van der Waals surface area contributed by atoms with Gasteiger partial charge in [0.15, 0.2) is 0 Å². The fourth-order valence-electron chi connectivity index (χ4n) is 1.60. The fourth-order valence-corrected chi connectivity index (χ4v) is 2.02. The lowest BCUT2D eigenvalue weighted by atomic mass is 10.2. The molecular formula is C12H14BrN3. The molecule has 2 rings (SSSR count). The first-order valence-electron chi connectivity index (χ1n) is 5.14. The van der Waals surface area contributed by atoms with Crippen LogP contribution in [0.4, 0.5) is 5.95 Å². The third kappa shape index (κ3) is 2.44. The van der Waals surface area contributed by atoms with Crippen molar-refractivity contribution in [2.24, 2.45) is 7.05 Å². The molecule has 2 aromatic rings. The molecule has 0 saturated carbocycles. The van der Waals surface area contributed by atoms with Crippen molar-refractivity contribution in [1.82, 2.24) is 9.55 Å².